The molecule has 2 heterocycles. The number of aliphatic carboxylic acids is 1. The Morgan fingerprint density at radius 3 is 2.70 bits per heavy atom. The average Bonchev–Trinajstić information content (AvgIpc) is 2.94. The van der Waals surface area contributed by atoms with Gasteiger partial charge in [0.05, 0.1) is 6.42 Å². The van der Waals surface area contributed by atoms with Crippen LogP contribution in [0.15, 0.2) is 48.5 Å². The Labute approximate surface area is 160 Å². The summed E-state index contributed by atoms with van der Waals surface area (Å²) in [6.45, 7) is 4.81. The van der Waals surface area contributed by atoms with Crippen molar-refractivity contribution in [3.63, 3.8) is 0 Å². The van der Waals surface area contributed by atoms with Crippen molar-refractivity contribution in [1.82, 2.24) is 9.47 Å². The van der Waals surface area contributed by atoms with E-state index in [1.165, 1.54) is 27.7 Å². The van der Waals surface area contributed by atoms with Gasteiger partial charge in [-0.25, -0.2) is 0 Å². The summed E-state index contributed by atoms with van der Waals surface area (Å²) >= 11 is 0. The summed E-state index contributed by atoms with van der Waals surface area (Å²) < 4.78 is 2.38. The molecular formula is C23H26N2O2. The maximum Gasteiger partial charge on any atom is 0.304 e. The standard InChI is InChI=1S/C23H26N2O2/c1-16-8-9-21-20(12-16)19-10-11-24(2)15-22(19)25(21)14-18(13-23(26)27)17-6-4-3-5-7-17/h3-9,12,18H,10-11,13-15H2,1-2H3,(H,26,27). The van der Waals surface area contributed by atoms with Crippen molar-refractivity contribution in [2.75, 3.05) is 13.6 Å². The first-order valence-electron chi connectivity index (χ1n) is 9.59. The van der Waals surface area contributed by atoms with Crippen molar-refractivity contribution >= 4 is 16.9 Å². The summed E-state index contributed by atoms with van der Waals surface area (Å²) in [5.74, 6) is -0.793. The minimum absolute atomic E-state index is 0.0445. The number of benzene rings is 2. The van der Waals surface area contributed by atoms with Crippen LogP contribution in [0, 0.1) is 6.92 Å². The molecule has 1 aromatic heterocycles. The van der Waals surface area contributed by atoms with Gasteiger partial charge in [-0.1, -0.05) is 42.0 Å². The molecule has 1 N–H and O–H groups in total. The van der Waals surface area contributed by atoms with E-state index < -0.39 is 5.97 Å². The maximum absolute atomic E-state index is 11.5. The summed E-state index contributed by atoms with van der Waals surface area (Å²) in [7, 11) is 2.15. The lowest BCUT2D eigenvalue weighted by molar-refractivity contribution is -0.137. The topological polar surface area (TPSA) is 45.5 Å². The van der Waals surface area contributed by atoms with Crippen LogP contribution in [0.5, 0.6) is 0 Å². The Morgan fingerprint density at radius 1 is 1.19 bits per heavy atom. The van der Waals surface area contributed by atoms with Crippen molar-refractivity contribution in [3.8, 4) is 0 Å². The second-order valence-electron chi connectivity index (χ2n) is 7.75. The number of aromatic nitrogens is 1. The molecule has 0 saturated carbocycles. The number of rotatable bonds is 5. The van der Waals surface area contributed by atoms with Crippen molar-refractivity contribution in [1.29, 1.82) is 0 Å². The molecule has 1 aliphatic heterocycles. The molecule has 1 aliphatic rings. The van der Waals surface area contributed by atoms with E-state index in [-0.39, 0.29) is 12.3 Å². The molecule has 4 heteroatoms. The number of hydrogen-bond donors (Lipinski definition) is 1. The lowest BCUT2D eigenvalue weighted by atomic mass is 9.95. The normalized spacial score (nSPS) is 15.6. The molecule has 1 atom stereocenters. The Bertz CT molecular complexity index is 975. The largest absolute Gasteiger partial charge is 0.481 e. The van der Waals surface area contributed by atoms with Crippen molar-refractivity contribution < 1.29 is 9.90 Å². The van der Waals surface area contributed by atoms with Gasteiger partial charge in [0.25, 0.3) is 0 Å². The zero-order valence-electron chi connectivity index (χ0n) is 16.0. The number of hydrogen-bond acceptors (Lipinski definition) is 2. The highest BCUT2D eigenvalue weighted by Gasteiger charge is 2.25. The molecule has 0 amide bonds. The number of carbonyl (C=O) groups is 1. The van der Waals surface area contributed by atoms with E-state index in [9.17, 15) is 9.90 Å². The molecule has 0 fully saturated rings. The predicted octanol–water partition coefficient (Wildman–Crippen LogP) is 4.20. The second-order valence-corrected chi connectivity index (χ2v) is 7.75. The summed E-state index contributed by atoms with van der Waals surface area (Å²) in [6, 6.07) is 16.7. The number of nitrogens with zero attached hydrogens (tertiary/aromatic N) is 2. The molecule has 0 saturated heterocycles. The molecule has 0 bridgehead atoms. The first-order chi connectivity index (χ1) is 13.0. The summed E-state index contributed by atoms with van der Waals surface area (Å²) in [5.41, 5.74) is 6.37. The third kappa shape index (κ3) is 3.50. The van der Waals surface area contributed by atoms with Crippen LogP contribution in [-0.4, -0.2) is 34.1 Å². The Hall–Kier alpha value is -2.59. The van der Waals surface area contributed by atoms with E-state index in [4.69, 9.17) is 0 Å². The Kier molecular flexibility index (Phi) is 4.75. The molecule has 0 aliphatic carbocycles. The molecular weight excluding hydrogens is 336 g/mol. The highest BCUT2D eigenvalue weighted by molar-refractivity contribution is 5.86. The molecule has 140 valence electrons. The van der Waals surface area contributed by atoms with Gasteiger partial charge in [-0.15, -0.1) is 0 Å². The van der Waals surface area contributed by atoms with Gasteiger partial charge in [-0.05, 0) is 43.7 Å². The summed E-state index contributed by atoms with van der Waals surface area (Å²) in [4.78, 5) is 13.9. The van der Waals surface area contributed by atoms with Crippen LogP contribution in [0.2, 0.25) is 0 Å². The van der Waals surface area contributed by atoms with Gasteiger partial charge in [0.2, 0.25) is 0 Å². The third-order valence-corrected chi connectivity index (χ3v) is 5.70. The average molecular weight is 362 g/mol. The molecule has 4 nitrogen and oxygen atoms in total. The van der Waals surface area contributed by atoms with Gasteiger partial charge in [0, 0.05) is 42.1 Å². The van der Waals surface area contributed by atoms with E-state index in [2.05, 4.69) is 41.6 Å². The molecule has 1 unspecified atom stereocenters. The van der Waals surface area contributed by atoms with Gasteiger partial charge in [0.1, 0.15) is 0 Å². The lowest BCUT2D eigenvalue weighted by Gasteiger charge is -2.26. The SMILES string of the molecule is Cc1ccc2c(c1)c1c(n2CC(CC(=O)O)c2ccccc2)CN(C)CC1. The number of aryl methyl sites for hydroxylation is 1. The number of fused-ring (bicyclic) bond motifs is 3. The highest BCUT2D eigenvalue weighted by Crippen LogP contribution is 2.34. The molecule has 4 rings (SSSR count). The number of likely N-dealkylation sites (N-methyl/N-ethyl adjacent to an activating group) is 1. The fourth-order valence-electron chi connectivity index (χ4n) is 4.34. The fourth-order valence-corrected chi connectivity index (χ4v) is 4.34. The number of carboxylic acids is 1. The van der Waals surface area contributed by atoms with Gasteiger partial charge in [-0.2, -0.15) is 0 Å². The van der Waals surface area contributed by atoms with E-state index in [0.29, 0.717) is 6.54 Å². The fraction of sp³-hybridized carbons (Fsp3) is 0.348. The third-order valence-electron chi connectivity index (χ3n) is 5.70. The van der Waals surface area contributed by atoms with Gasteiger partial charge < -0.3 is 14.6 Å². The van der Waals surface area contributed by atoms with E-state index in [0.717, 1.165) is 25.1 Å². The monoisotopic (exact) mass is 362 g/mol. The molecule has 3 aromatic rings. The molecule has 27 heavy (non-hydrogen) atoms. The number of carboxylic acid groups (broad SMARTS) is 1. The second kappa shape index (κ2) is 7.20. The van der Waals surface area contributed by atoms with Crippen LogP contribution in [-0.2, 0) is 24.3 Å². The van der Waals surface area contributed by atoms with Crippen LogP contribution in [0.1, 0.15) is 34.7 Å². The van der Waals surface area contributed by atoms with E-state index >= 15 is 0 Å². The zero-order chi connectivity index (χ0) is 19.0. The quantitative estimate of drug-likeness (QED) is 0.740. The Balaban J connectivity index is 1.82. The predicted molar refractivity (Wildman–Crippen MR) is 108 cm³/mol. The Morgan fingerprint density at radius 2 is 1.96 bits per heavy atom. The zero-order valence-corrected chi connectivity index (χ0v) is 16.0. The van der Waals surface area contributed by atoms with Crippen molar-refractivity contribution in [3.05, 3.63) is 70.9 Å². The summed E-state index contributed by atoms with van der Waals surface area (Å²) in [5, 5.41) is 10.8. The van der Waals surface area contributed by atoms with Crippen LogP contribution >= 0.6 is 0 Å². The van der Waals surface area contributed by atoms with Crippen molar-refractivity contribution in [2.45, 2.75) is 38.8 Å². The van der Waals surface area contributed by atoms with Gasteiger partial charge in [-0.3, -0.25) is 4.79 Å². The van der Waals surface area contributed by atoms with E-state index in [1.807, 2.05) is 30.3 Å². The van der Waals surface area contributed by atoms with E-state index in [1.54, 1.807) is 0 Å². The smallest absolute Gasteiger partial charge is 0.304 e. The molecule has 0 spiro atoms. The minimum atomic E-state index is -0.748. The molecule has 0 radical (unpaired) electrons. The maximum atomic E-state index is 11.5. The lowest BCUT2D eigenvalue weighted by Crippen LogP contribution is -2.28. The van der Waals surface area contributed by atoms with Crippen LogP contribution in [0.4, 0.5) is 0 Å². The minimum Gasteiger partial charge on any atom is -0.481 e. The van der Waals surface area contributed by atoms with Crippen LogP contribution in [0.3, 0.4) is 0 Å². The summed E-state index contributed by atoms with van der Waals surface area (Å²) in [6.07, 6.45) is 1.19. The highest BCUT2D eigenvalue weighted by atomic mass is 16.4. The van der Waals surface area contributed by atoms with Crippen LogP contribution in [0.25, 0.3) is 10.9 Å². The first-order valence-corrected chi connectivity index (χ1v) is 9.59. The molecule has 2 aromatic carbocycles. The van der Waals surface area contributed by atoms with Gasteiger partial charge >= 0.3 is 5.97 Å². The van der Waals surface area contributed by atoms with Crippen LogP contribution < -0.4 is 0 Å². The van der Waals surface area contributed by atoms with Crippen molar-refractivity contribution in [2.24, 2.45) is 0 Å². The van der Waals surface area contributed by atoms with Gasteiger partial charge in [0.15, 0.2) is 0 Å². The first kappa shape index (κ1) is 17.8.